The number of carboxylic acid groups (broad SMARTS) is 1. The minimum Gasteiger partial charge on any atom is -0.481 e. The van der Waals surface area contributed by atoms with Crippen LogP contribution in [-0.2, 0) is 14.8 Å². The molecule has 0 amide bonds. The molecule has 2 rings (SSSR count). The van der Waals surface area contributed by atoms with E-state index < -0.39 is 28.0 Å². The van der Waals surface area contributed by atoms with E-state index in [1.54, 1.807) is 6.92 Å². The summed E-state index contributed by atoms with van der Waals surface area (Å²) in [6.45, 7) is 1.36. The van der Waals surface area contributed by atoms with Gasteiger partial charge in [0.15, 0.2) is 0 Å². The van der Waals surface area contributed by atoms with Crippen LogP contribution < -0.4 is 0 Å². The summed E-state index contributed by atoms with van der Waals surface area (Å²) in [5.41, 5.74) is 0.424. The highest BCUT2D eigenvalue weighted by Gasteiger charge is 2.39. The van der Waals surface area contributed by atoms with Gasteiger partial charge < -0.3 is 10.2 Å². The summed E-state index contributed by atoms with van der Waals surface area (Å²) in [4.78, 5) is 11.1. The number of halogens is 2. The number of rotatable bonds is 3. The zero-order valence-corrected chi connectivity index (χ0v) is 14.0. The largest absolute Gasteiger partial charge is 0.481 e. The first-order chi connectivity index (χ1) is 10.1. The molecule has 0 aliphatic carbocycles. The molecule has 22 heavy (non-hydrogen) atoms. The lowest BCUT2D eigenvalue weighted by molar-refractivity contribution is -0.147. The SMILES string of the molecule is Cc1cc(Cl)c(Cl)cc1S(=O)(=O)N1CC[C@@H](O)[C@@H](C(=O)O)C1. The molecule has 0 spiro atoms. The van der Waals surface area contributed by atoms with Crippen LogP contribution in [0.25, 0.3) is 0 Å². The zero-order valence-electron chi connectivity index (χ0n) is 11.7. The molecule has 1 aromatic rings. The van der Waals surface area contributed by atoms with Gasteiger partial charge in [-0.3, -0.25) is 4.79 Å². The molecule has 1 aliphatic heterocycles. The lowest BCUT2D eigenvalue weighted by Crippen LogP contribution is -2.48. The highest BCUT2D eigenvalue weighted by molar-refractivity contribution is 7.89. The summed E-state index contributed by atoms with van der Waals surface area (Å²) < 4.78 is 26.5. The molecule has 1 saturated heterocycles. The molecule has 122 valence electrons. The van der Waals surface area contributed by atoms with E-state index in [1.165, 1.54) is 12.1 Å². The monoisotopic (exact) mass is 367 g/mol. The molecular weight excluding hydrogens is 353 g/mol. The maximum atomic E-state index is 12.7. The van der Waals surface area contributed by atoms with E-state index >= 15 is 0 Å². The van der Waals surface area contributed by atoms with Gasteiger partial charge >= 0.3 is 5.97 Å². The smallest absolute Gasteiger partial charge is 0.310 e. The molecule has 1 fully saturated rings. The van der Waals surface area contributed by atoms with Gasteiger partial charge in [-0.15, -0.1) is 0 Å². The van der Waals surface area contributed by atoms with Gasteiger partial charge in [0.05, 0.1) is 27.0 Å². The summed E-state index contributed by atoms with van der Waals surface area (Å²) in [7, 11) is -3.91. The number of nitrogens with zero attached hydrogens (tertiary/aromatic N) is 1. The van der Waals surface area contributed by atoms with Crippen LogP contribution in [0.5, 0.6) is 0 Å². The van der Waals surface area contributed by atoms with Gasteiger partial charge in [-0.2, -0.15) is 4.31 Å². The van der Waals surface area contributed by atoms with Crippen molar-refractivity contribution < 1.29 is 23.4 Å². The summed E-state index contributed by atoms with van der Waals surface area (Å²) in [5, 5.41) is 19.1. The molecule has 9 heteroatoms. The standard InChI is InChI=1S/C13H15Cl2NO5S/c1-7-4-9(14)10(15)5-12(7)22(20,21)16-3-2-11(17)8(6-16)13(18)19/h4-5,8,11,17H,2-3,6H2,1H3,(H,18,19)/t8-,11+/m0/s1. The fraction of sp³-hybridized carbons (Fsp3) is 0.462. The number of carbonyl (C=O) groups is 1. The lowest BCUT2D eigenvalue weighted by Gasteiger charge is -2.33. The minimum absolute atomic E-state index is 0.0116. The van der Waals surface area contributed by atoms with Crippen molar-refractivity contribution in [3.63, 3.8) is 0 Å². The first kappa shape index (κ1) is 17.5. The summed E-state index contributed by atoms with van der Waals surface area (Å²) in [6.07, 6.45) is -0.991. The van der Waals surface area contributed by atoms with Crippen LogP contribution >= 0.6 is 23.2 Å². The van der Waals surface area contributed by atoms with E-state index in [0.29, 0.717) is 5.56 Å². The highest BCUT2D eigenvalue weighted by atomic mass is 35.5. The van der Waals surface area contributed by atoms with Crippen LogP contribution in [0.4, 0.5) is 0 Å². The molecule has 1 aliphatic rings. The average molecular weight is 368 g/mol. The maximum absolute atomic E-state index is 12.7. The molecule has 0 aromatic heterocycles. The first-order valence-electron chi connectivity index (χ1n) is 6.51. The molecular formula is C13H15Cl2NO5S. The van der Waals surface area contributed by atoms with Gasteiger partial charge in [0.25, 0.3) is 0 Å². The lowest BCUT2D eigenvalue weighted by atomic mass is 9.96. The van der Waals surface area contributed by atoms with Crippen molar-refractivity contribution in [1.82, 2.24) is 4.31 Å². The Morgan fingerprint density at radius 3 is 2.50 bits per heavy atom. The number of aliphatic hydroxyl groups excluding tert-OH is 1. The number of hydrogen-bond donors (Lipinski definition) is 2. The maximum Gasteiger partial charge on any atom is 0.310 e. The van der Waals surface area contributed by atoms with E-state index in [1.807, 2.05) is 0 Å². The molecule has 1 aromatic carbocycles. The van der Waals surface area contributed by atoms with E-state index in [2.05, 4.69) is 0 Å². The molecule has 0 unspecified atom stereocenters. The van der Waals surface area contributed by atoms with E-state index in [-0.39, 0.29) is 34.5 Å². The van der Waals surface area contributed by atoms with Gasteiger partial charge in [-0.25, -0.2) is 8.42 Å². The molecule has 2 atom stereocenters. The molecule has 1 heterocycles. The Hall–Kier alpha value is -0.860. The molecule has 0 radical (unpaired) electrons. The molecule has 0 bridgehead atoms. The van der Waals surface area contributed by atoms with Crippen molar-refractivity contribution in [3.05, 3.63) is 27.7 Å². The third kappa shape index (κ3) is 3.23. The topological polar surface area (TPSA) is 94.9 Å². The predicted octanol–water partition coefficient (Wildman–Crippen LogP) is 1.76. The quantitative estimate of drug-likeness (QED) is 0.848. The van der Waals surface area contributed by atoms with Crippen LogP contribution in [0, 0.1) is 12.8 Å². The third-order valence-electron chi connectivity index (χ3n) is 3.69. The van der Waals surface area contributed by atoms with Crippen LogP contribution in [0.2, 0.25) is 10.0 Å². The van der Waals surface area contributed by atoms with Crippen molar-refractivity contribution in [3.8, 4) is 0 Å². The Balaban J connectivity index is 2.39. The highest BCUT2D eigenvalue weighted by Crippen LogP contribution is 2.31. The van der Waals surface area contributed by atoms with Gasteiger partial charge in [0.2, 0.25) is 10.0 Å². The number of piperidine rings is 1. The van der Waals surface area contributed by atoms with Crippen molar-refractivity contribution in [2.24, 2.45) is 5.92 Å². The fourth-order valence-corrected chi connectivity index (χ4v) is 4.58. The summed E-state index contributed by atoms with van der Waals surface area (Å²) in [5.74, 6) is -2.37. The summed E-state index contributed by atoms with van der Waals surface area (Å²) >= 11 is 11.7. The average Bonchev–Trinajstić information content (AvgIpc) is 2.42. The molecule has 0 saturated carbocycles. The van der Waals surface area contributed by atoms with Gasteiger partial charge in [0, 0.05) is 13.1 Å². The Kier molecular flexibility index (Phi) is 5.03. The second-order valence-corrected chi connectivity index (χ2v) is 7.92. The minimum atomic E-state index is -3.91. The normalized spacial score (nSPS) is 23.5. The van der Waals surface area contributed by atoms with Crippen molar-refractivity contribution in [2.75, 3.05) is 13.1 Å². The number of sulfonamides is 1. The van der Waals surface area contributed by atoms with Gasteiger partial charge in [0.1, 0.15) is 0 Å². The van der Waals surface area contributed by atoms with Crippen molar-refractivity contribution in [2.45, 2.75) is 24.3 Å². The number of aliphatic hydroxyl groups is 1. The third-order valence-corrected chi connectivity index (χ3v) is 6.42. The number of hydrogen-bond acceptors (Lipinski definition) is 4. The zero-order chi connectivity index (χ0) is 16.7. The van der Waals surface area contributed by atoms with Crippen molar-refractivity contribution in [1.29, 1.82) is 0 Å². The Bertz CT molecular complexity index is 707. The van der Waals surface area contributed by atoms with Crippen LogP contribution in [0.3, 0.4) is 0 Å². The first-order valence-corrected chi connectivity index (χ1v) is 8.71. The number of carboxylic acids is 1. The Labute approximate surface area is 138 Å². The van der Waals surface area contributed by atoms with Crippen LogP contribution in [0.15, 0.2) is 17.0 Å². The molecule has 6 nitrogen and oxygen atoms in total. The van der Waals surface area contributed by atoms with Crippen molar-refractivity contribution >= 4 is 39.2 Å². The Morgan fingerprint density at radius 1 is 1.32 bits per heavy atom. The van der Waals surface area contributed by atoms with Gasteiger partial charge in [-0.05, 0) is 31.0 Å². The second-order valence-electron chi connectivity index (χ2n) is 5.20. The van der Waals surface area contributed by atoms with Gasteiger partial charge in [-0.1, -0.05) is 23.2 Å². The van der Waals surface area contributed by atoms with E-state index in [0.717, 1.165) is 4.31 Å². The van der Waals surface area contributed by atoms with E-state index in [4.69, 9.17) is 28.3 Å². The number of aliphatic carboxylic acids is 1. The second kappa shape index (κ2) is 6.33. The van der Waals surface area contributed by atoms with Crippen LogP contribution in [0.1, 0.15) is 12.0 Å². The number of benzene rings is 1. The summed E-state index contributed by atoms with van der Waals surface area (Å²) in [6, 6.07) is 2.71. The van der Waals surface area contributed by atoms with E-state index in [9.17, 15) is 18.3 Å². The Morgan fingerprint density at radius 2 is 1.91 bits per heavy atom. The predicted molar refractivity (Wildman–Crippen MR) is 81.7 cm³/mol. The fourth-order valence-electron chi connectivity index (χ4n) is 2.42. The number of aryl methyl sites for hydroxylation is 1. The molecule has 2 N–H and O–H groups in total. The van der Waals surface area contributed by atoms with Crippen LogP contribution in [-0.4, -0.2) is 48.1 Å².